The third kappa shape index (κ3) is 4.47. The van der Waals surface area contributed by atoms with Crippen LogP contribution in [0.4, 0.5) is 0 Å². The number of amides is 1. The molecule has 0 fully saturated rings. The highest BCUT2D eigenvalue weighted by molar-refractivity contribution is 5.94. The normalized spacial score (nSPS) is 11.3. The molecule has 1 rings (SSSR count). The van der Waals surface area contributed by atoms with Crippen LogP contribution in [0.5, 0.6) is 0 Å². The van der Waals surface area contributed by atoms with Gasteiger partial charge in [-0.1, -0.05) is 26.0 Å². The predicted octanol–water partition coefficient (Wildman–Crippen LogP) is 1.58. The molecular weight excluding hydrogens is 230 g/mol. The second kappa shape index (κ2) is 6.52. The van der Waals surface area contributed by atoms with Crippen molar-refractivity contribution in [1.29, 1.82) is 0 Å². The standard InChI is InChI=1S/C14H21NO3/c1-14(2,10-16)9-15-13(17)12-6-4-5-11(7-12)8-18-3/h4-7,16H,8-10H2,1-3H3,(H,15,17). The summed E-state index contributed by atoms with van der Waals surface area (Å²) in [7, 11) is 1.62. The maximum Gasteiger partial charge on any atom is 0.251 e. The van der Waals surface area contributed by atoms with E-state index in [1.807, 2.05) is 32.0 Å². The molecule has 0 spiro atoms. The van der Waals surface area contributed by atoms with E-state index in [4.69, 9.17) is 9.84 Å². The third-order valence-electron chi connectivity index (χ3n) is 2.66. The van der Waals surface area contributed by atoms with Gasteiger partial charge in [-0.05, 0) is 17.7 Å². The van der Waals surface area contributed by atoms with Crippen molar-refractivity contribution in [3.8, 4) is 0 Å². The Balaban J connectivity index is 2.64. The summed E-state index contributed by atoms with van der Waals surface area (Å²) in [6, 6.07) is 7.32. The fraction of sp³-hybridized carbons (Fsp3) is 0.500. The molecule has 0 bridgehead atoms. The van der Waals surface area contributed by atoms with E-state index in [1.54, 1.807) is 13.2 Å². The molecule has 1 aromatic rings. The Morgan fingerprint density at radius 3 is 2.78 bits per heavy atom. The number of benzene rings is 1. The van der Waals surface area contributed by atoms with Crippen molar-refractivity contribution in [3.63, 3.8) is 0 Å². The minimum Gasteiger partial charge on any atom is -0.396 e. The quantitative estimate of drug-likeness (QED) is 0.807. The van der Waals surface area contributed by atoms with Crippen LogP contribution < -0.4 is 5.32 Å². The number of aliphatic hydroxyl groups excluding tert-OH is 1. The summed E-state index contributed by atoms with van der Waals surface area (Å²) < 4.78 is 5.03. The number of aliphatic hydroxyl groups is 1. The van der Waals surface area contributed by atoms with E-state index in [9.17, 15) is 4.79 Å². The minimum atomic E-state index is -0.306. The molecule has 0 saturated heterocycles. The molecule has 2 N–H and O–H groups in total. The molecule has 4 nitrogen and oxygen atoms in total. The molecule has 100 valence electrons. The maximum atomic E-state index is 11.9. The minimum absolute atomic E-state index is 0.0387. The van der Waals surface area contributed by atoms with Crippen LogP contribution >= 0.6 is 0 Å². The van der Waals surface area contributed by atoms with Gasteiger partial charge >= 0.3 is 0 Å². The first-order valence-electron chi connectivity index (χ1n) is 5.95. The summed E-state index contributed by atoms with van der Waals surface area (Å²) in [5, 5.41) is 11.9. The molecule has 0 heterocycles. The van der Waals surface area contributed by atoms with Gasteiger partial charge in [0.25, 0.3) is 5.91 Å². The molecule has 0 aromatic heterocycles. The predicted molar refractivity (Wildman–Crippen MR) is 70.4 cm³/mol. The number of carbonyl (C=O) groups is 1. The average Bonchev–Trinajstić information content (AvgIpc) is 2.37. The number of hydrogen-bond acceptors (Lipinski definition) is 3. The summed E-state index contributed by atoms with van der Waals surface area (Å²) in [6.45, 7) is 4.76. The number of methoxy groups -OCH3 is 1. The van der Waals surface area contributed by atoms with Gasteiger partial charge in [0.2, 0.25) is 0 Å². The number of carbonyl (C=O) groups excluding carboxylic acids is 1. The zero-order valence-electron chi connectivity index (χ0n) is 11.2. The van der Waals surface area contributed by atoms with Crippen molar-refractivity contribution < 1.29 is 14.6 Å². The van der Waals surface area contributed by atoms with Crippen molar-refractivity contribution in [3.05, 3.63) is 35.4 Å². The maximum absolute atomic E-state index is 11.9. The molecule has 0 atom stereocenters. The zero-order valence-corrected chi connectivity index (χ0v) is 11.2. The van der Waals surface area contributed by atoms with Gasteiger partial charge in [-0.25, -0.2) is 0 Å². The molecular formula is C14H21NO3. The molecule has 0 unspecified atom stereocenters. The first kappa shape index (κ1) is 14.7. The molecule has 0 aliphatic rings. The van der Waals surface area contributed by atoms with Crippen LogP contribution in [-0.2, 0) is 11.3 Å². The fourth-order valence-corrected chi connectivity index (χ4v) is 1.45. The highest BCUT2D eigenvalue weighted by Gasteiger charge is 2.17. The fourth-order valence-electron chi connectivity index (χ4n) is 1.45. The Morgan fingerprint density at radius 2 is 2.17 bits per heavy atom. The number of rotatable bonds is 6. The van der Waals surface area contributed by atoms with Crippen LogP contribution in [0.2, 0.25) is 0 Å². The van der Waals surface area contributed by atoms with Crippen LogP contribution in [0.25, 0.3) is 0 Å². The van der Waals surface area contributed by atoms with Gasteiger partial charge in [-0.2, -0.15) is 0 Å². The summed E-state index contributed by atoms with van der Waals surface area (Å²) in [4.78, 5) is 11.9. The molecule has 1 aromatic carbocycles. The monoisotopic (exact) mass is 251 g/mol. The van der Waals surface area contributed by atoms with E-state index in [-0.39, 0.29) is 17.9 Å². The molecule has 0 aliphatic carbocycles. The molecule has 4 heteroatoms. The lowest BCUT2D eigenvalue weighted by molar-refractivity contribution is 0.0910. The second-order valence-electron chi connectivity index (χ2n) is 5.14. The third-order valence-corrected chi connectivity index (χ3v) is 2.66. The zero-order chi connectivity index (χ0) is 13.6. The number of nitrogens with one attached hydrogen (secondary N) is 1. The van der Waals surface area contributed by atoms with Crippen LogP contribution in [0.15, 0.2) is 24.3 Å². The Labute approximate surface area is 108 Å². The van der Waals surface area contributed by atoms with Crippen LogP contribution in [0.3, 0.4) is 0 Å². The van der Waals surface area contributed by atoms with Crippen molar-refractivity contribution in [2.24, 2.45) is 5.41 Å². The Bertz CT molecular complexity index is 402. The van der Waals surface area contributed by atoms with Gasteiger partial charge < -0.3 is 15.2 Å². The topological polar surface area (TPSA) is 58.6 Å². The van der Waals surface area contributed by atoms with E-state index in [0.717, 1.165) is 5.56 Å². The van der Waals surface area contributed by atoms with Gasteiger partial charge in [-0.15, -0.1) is 0 Å². The number of hydrogen-bond donors (Lipinski definition) is 2. The van der Waals surface area contributed by atoms with Gasteiger partial charge in [0.1, 0.15) is 0 Å². The Hall–Kier alpha value is -1.39. The van der Waals surface area contributed by atoms with Crippen LogP contribution in [0.1, 0.15) is 29.8 Å². The van der Waals surface area contributed by atoms with E-state index in [1.165, 1.54) is 0 Å². The lowest BCUT2D eigenvalue weighted by Crippen LogP contribution is -2.36. The van der Waals surface area contributed by atoms with Crippen LogP contribution in [-0.4, -0.2) is 31.3 Å². The first-order chi connectivity index (χ1) is 8.48. The largest absolute Gasteiger partial charge is 0.396 e. The highest BCUT2D eigenvalue weighted by Crippen LogP contribution is 2.12. The SMILES string of the molecule is COCc1cccc(C(=O)NCC(C)(C)CO)c1. The van der Waals surface area contributed by atoms with Crippen LogP contribution in [0, 0.1) is 5.41 Å². The first-order valence-corrected chi connectivity index (χ1v) is 5.95. The lowest BCUT2D eigenvalue weighted by atomic mass is 9.95. The Kier molecular flexibility index (Phi) is 5.31. The summed E-state index contributed by atoms with van der Waals surface area (Å²) in [5.41, 5.74) is 1.27. The van der Waals surface area contributed by atoms with E-state index in [2.05, 4.69) is 5.32 Å². The van der Waals surface area contributed by atoms with Crippen molar-refractivity contribution in [2.45, 2.75) is 20.5 Å². The van der Waals surface area contributed by atoms with E-state index < -0.39 is 0 Å². The second-order valence-corrected chi connectivity index (χ2v) is 5.14. The molecule has 0 radical (unpaired) electrons. The van der Waals surface area contributed by atoms with Crippen molar-refractivity contribution in [2.75, 3.05) is 20.3 Å². The van der Waals surface area contributed by atoms with E-state index >= 15 is 0 Å². The molecule has 0 aliphatic heterocycles. The smallest absolute Gasteiger partial charge is 0.251 e. The van der Waals surface area contributed by atoms with E-state index in [0.29, 0.717) is 18.7 Å². The van der Waals surface area contributed by atoms with Gasteiger partial charge in [0.15, 0.2) is 0 Å². The Morgan fingerprint density at radius 1 is 1.44 bits per heavy atom. The van der Waals surface area contributed by atoms with Gasteiger partial charge in [0, 0.05) is 31.2 Å². The molecule has 18 heavy (non-hydrogen) atoms. The summed E-state index contributed by atoms with van der Waals surface area (Å²) in [6.07, 6.45) is 0. The van der Waals surface area contributed by atoms with Gasteiger partial charge in [0.05, 0.1) is 6.61 Å². The number of ether oxygens (including phenoxy) is 1. The van der Waals surface area contributed by atoms with Crippen molar-refractivity contribution in [1.82, 2.24) is 5.32 Å². The molecule has 0 saturated carbocycles. The summed E-state index contributed by atoms with van der Waals surface area (Å²) >= 11 is 0. The summed E-state index contributed by atoms with van der Waals surface area (Å²) in [5.74, 6) is -0.130. The average molecular weight is 251 g/mol. The van der Waals surface area contributed by atoms with Gasteiger partial charge in [-0.3, -0.25) is 4.79 Å². The van der Waals surface area contributed by atoms with Crippen molar-refractivity contribution >= 4 is 5.91 Å². The molecule has 1 amide bonds. The highest BCUT2D eigenvalue weighted by atomic mass is 16.5. The lowest BCUT2D eigenvalue weighted by Gasteiger charge is -2.21.